The number of hydrogen-bond donors (Lipinski definition) is 3. The van der Waals surface area contributed by atoms with E-state index in [-0.39, 0.29) is 11.7 Å². The summed E-state index contributed by atoms with van der Waals surface area (Å²) in [6.07, 6.45) is 1.07. The first-order valence-corrected chi connectivity index (χ1v) is 5.83. The van der Waals surface area contributed by atoms with Crippen LogP contribution in [0.2, 0.25) is 4.34 Å². The number of nitrogens with one attached hydrogen (secondary N) is 1. The molecule has 7 heteroatoms. The van der Waals surface area contributed by atoms with Crippen LogP contribution < -0.4 is 11.1 Å². The minimum atomic E-state index is -0.156. The molecule has 88 valence electrons. The Balaban J connectivity index is 2.26. The Labute approximate surface area is 102 Å². The first-order chi connectivity index (χ1) is 7.63. The largest absolute Gasteiger partial charge is 0.409 e. The van der Waals surface area contributed by atoms with Gasteiger partial charge in [-0.25, -0.2) is 0 Å². The number of hydrogen-bond acceptors (Lipinski definition) is 4. The average molecular weight is 262 g/mol. The highest BCUT2D eigenvalue weighted by molar-refractivity contribution is 7.17. The van der Waals surface area contributed by atoms with Gasteiger partial charge in [0.1, 0.15) is 5.84 Å². The van der Waals surface area contributed by atoms with Gasteiger partial charge in [-0.05, 0) is 18.6 Å². The molecule has 1 aromatic rings. The van der Waals surface area contributed by atoms with Crippen LogP contribution in [0.15, 0.2) is 17.3 Å². The maximum absolute atomic E-state index is 11.5. The molecule has 0 atom stereocenters. The van der Waals surface area contributed by atoms with Crippen LogP contribution in [0, 0.1) is 0 Å². The summed E-state index contributed by atoms with van der Waals surface area (Å²) in [6, 6.07) is 3.35. The van der Waals surface area contributed by atoms with Gasteiger partial charge in [0.2, 0.25) is 0 Å². The molecular weight excluding hydrogens is 250 g/mol. The average Bonchev–Trinajstić information content (AvgIpc) is 2.70. The molecule has 1 amide bonds. The quantitative estimate of drug-likeness (QED) is 0.248. The summed E-state index contributed by atoms with van der Waals surface area (Å²) in [7, 11) is 0. The van der Waals surface area contributed by atoms with E-state index in [2.05, 4.69) is 10.5 Å². The summed E-state index contributed by atoms with van der Waals surface area (Å²) in [6.45, 7) is 0.477. The Morgan fingerprint density at radius 1 is 1.62 bits per heavy atom. The molecule has 5 nitrogen and oxygen atoms in total. The minimum Gasteiger partial charge on any atom is -0.409 e. The van der Waals surface area contributed by atoms with Crippen molar-refractivity contribution in [2.75, 3.05) is 6.54 Å². The summed E-state index contributed by atoms with van der Waals surface area (Å²) >= 11 is 6.93. The van der Waals surface area contributed by atoms with Crippen LogP contribution in [0.3, 0.4) is 0 Å². The van der Waals surface area contributed by atoms with Crippen molar-refractivity contribution in [3.63, 3.8) is 0 Å². The zero-order valence-electron chi connectivity index (χ0n) is 8.44. The SMILES string of the molecule is NC(CCCNC(=O)c1ccc(Cl)s1)=NO. The lowest BCUT2D eigenvalue weighted by molar-refractivity contribution is 0.0957. The van der Waals surface area contributed by atoms with Crippen molar-refractivity contribution in [2.45, 2.75) is 12.8 Å². The van der Waals surface area contributed by atoms with Crippen molar-refractivity contribution in [1.29, 1.82) is 0 Å². The van der Waals surface area contributed by atoms with E-state index >= 15 is 0 Å². The van der Waals surface area contributed by atoms with Crippen molar-refractivity contribution in [3.8, 4) is 0 Å². The van der Waals surface area contributed by atoms with E-state index in [1.165, 1.54) is 11.3 Å². The molecule has 0 spiro atoms. The Morgan fingerprint density at radius 3 is 2.94 bits per heavy atom. The third kappa shape index (κ3) is 4.08. The molecule has 0 aliphatic rings. The van der Waals surface area contributed by atoms with Crippen molar-refractivity contribution >= 4 is 34.7 Å². The highest BCUT2D eigenvalue weighted by atomic mass is 35.5. The van der Waals surface area contributed by atoms with Gasteiger partial charge in [0.05, 0.1) is 9.21 Å². The van der Waals surface area contributed by atoms with Crippen LogP contribution in [0.1, 0.15) is 22.5 Å². The molecule has 0 aromatic carbocycles. The maximum atomic E-state index is 11.5. The van der Waals surface area contributed by atoms with Gasteiger partial charge in [0, 0.05) is 13.0 Å². The van der Waals surface area contributed by atoms with Gasteiger partial charge < -0.3 is 16.3 Å². The van der Waals surface area contributed by atoms with Gasteiger partial charge in [-0.2, -0.15) is 0 Å². The lowest BCUT2D eigenvalue weighted by Crippen LogP contribution is -2.24. The van der Waals surface area contributed by atoms with Crippen LogP contribution in [0.5, 0.6) is 0 Å². The van der Waals surface area contributed by atoms with E-state index in [0.29, 0.717) is 28.6 Å². The molecule has 0 radical (unpaired) electrons. The summed E-state index contributed by atoms with van der Waals surface area (Å²) < 4.78 is 0.585. The lowest BCUT2D eigenvalue weighted by Gasteiger charge is -2.02. The predicted molar refractivity (Wildman–Crippen MR) is 64.3 cm³/mol. The fraction of sp³-hybridized carbons (Fsp3) is 0.333. The fourth-order valence-corrected chi connectivity index (χ4v) is 2.00. The van der Waals surface area contributed by atoms with Crippen LogP contribution in [0.4, 0.5) is 0 Å². The second-order valence-electron chi connectivity index (χ2n) is 3.05. The third-order valence-electron chi connectivity index (χ3n) is 1.82. The summed E-state index contributed by atoms with van der Waals surface area (Å²) in [4.78, 5) is 12.1. The third-order valence-corrected chi connectivity index (χ3v) is 3.05. The number of carbonyl (C=O) groups is 1. The fourth-order valence-electron chi connectivity index (χ4n) is 1.04. The van der Waals surface area contributed by atoms with Gasteiger partial charge in [-0.15, -0.1) is 11.3 Å². The monoisotopic (exact) mass is 261 g/mol. The molecule has 0 aliphatic heterocycles. The molecule has 0 saturated heterocycles. The predicted octanol–water partition coefficient (Wildman–Crippen LogP) is 1.66. The Kier molecular flexibility index (Phi) is 5.07. The van der Waals surface area contributed by atoms with Gasteiger partial charge in [0.25, 0.3) is 5.91 Å². The molecule has 1 aromatic heterocycles. The Hall–Kier alpha value is -1.27. The number of nitrogens with two attached hydrogens (primary N) is 1. The van der Waals surface area contributed by atoms with Crippen molar-refractivity contribution in [2.24, 2.45) is 10.9 Å². The van der Waals surface area contributed by atoms with Crippen LogP contribution in [0.25, 0.3) is 0 Å². The number of amides is 1. The first-order valence-electron chi connectivity index (χ1n) is 4.63. The van der Waals surface area contributed by atoms with Crippen molar-refractivity contribution in [3.05, 3.63) is 21.3 Å². The Morgan fingerprint density at radius 2 is 2.38 bits per heavy atom. The number of thiophene rings is 1. The van der Waals surface area contributed by atoms with E-state index in [0.717, 1.165) is 0 Å². The summed E-state index contributed by atoms with van der Waals surface area (Å²) in [5.74, 6) is 0.00447. The standard InChI is InChI=1S/C9H12ClN3O2S/c10-7-4-3-6(16-7)9(14)12-5-1-2-8(11)13-15/h3-4,15H,1-2,5H2,(H2,11,13)(H,12,14). The molecule has 1 heterocycles. The number of amidine groups is 1. The van der Waals surface area contributed by atoms with Gasteiger partial charge in [-0.1, -0.05) is 16.8 Å². The summed E-state index contributed by atoms with van der Waals surface area (Å²) in [5, 5.41) is 13.8. The molecule has 0 saturated carbocycles. The highest BCUT2D eigenvalue weighted by Gasteiger charge is 2.07. The van der Waals surface area contributed by atoms with E-state index < -0.39 is 0 Å². The second-order valence-corrected chi connectivity index (χ2v) is 4.77. The van der Waals surface area contributed by atoms with Crippen molar-refractivity contribution < 1.29 is 10.0 Å². The molecule has 0 bridgehead atoms. The Bertz CT molecular complexity index is 392. The number of halogens is 1. The molecule has 1 rings (SSSR count). The van der Waals surface area contributed by atoms with E-state index in [4.69, 9.17) is 22.5 Å². The summed E-state index contributed by atoms with van der Waals surface area (Å²) in [5.41, 5.74) is 5.28. The number of carbonyl (C=O) groups excluding carboxylic acids is 1. The highest BCUT2D eigenvalue weighted by Crippen LogP contribution is 2.20. The second kappa shape index (κ2) is 6.34. The minimum absolute atomic E-state index is 0.156. The van der Waals surface area contributed by atoms with E-state index in [9.17, 15) is 4.79 Å². The van der Waals surface area contributed by atoms with Crippen LogP contribution >= 0.6 is 22.9 Å². The van der Waals surface area contributed by atoms with Gasteiger partial charge in [-0.3, -0.25) is 4.79 Å². The van der Waals surface area contributed by atoms with Crippen molar-refractivity contribution in [1.82, 2.24) is 5.32 Å². The normalized spacial score (nSPS) is 11.4. The van der Waals surface area contributed by atoms with Gasteiger partial charge in [0.15, 0.2) is 0 Å². The number of rotatable bonds is 5. The van der Waals surface area contributed by atoms with E-state index in [1.807, 2.05) is 0 Å². The topological polar surface area (TPSA) is 87.7 Å². The molecule has 0 aliphatic carbocycles. The molecule has 16 heavy (non-hydrogen) atoms. The number of oxime groups is 1. The molecular formula is C9H12ClN3O2S. The maximum Gasteiger partial charge on any atom is 0.261 e. The number of nitrogens with zero attached hydrogens (tertiary/aromatic N) is 1. The smallest absolute Gasteiger partial charge is 0.261 e. The van der Waals surface area contributed by atoms with E-state index in [1.54, 1.807) is 12.1 Å². The lowest BCUT2D eigenvalue weighted by atomic mass is 10.3. The molecule has 0 unspecified atom stereocenters. The van der Waals surface area contributed by atoms with Crippen LogP contribution in [-0.4, -0.2) is 23.5 Å². The zero-order chi connectivity index (χ0) is 12.0. The molecule has 4 N–H and O–H groups in total. The molecule has 0 fully saturated rings. The zero-order valence-corrected chi connectivity index (χ0v) is 10.0. The van der Waals surface area contributed by atoms with Crippen LogP contribution in [-0.2, 0) is 0 Å². The van der Waals surface area contributed by atoms with Gasteiger partial charge >= 0.3 is 0 Å². The first kappa shape index (κ1) is 12.8.